The summed E-state index contributed by atoms with van der Waals surface area (Å²) >= 11 is 20.5. The van der Waals surface area contributed by atoms with E-state index in [0.717, 1.165) is 18.0 Å². The van der Waals surface area contributed by atoms with E-state index in [1.54, 1.807) is 46.7 Å². The first-order chi connectivity index (χ1) is 19.6. The average Bonchev–Trinajstić information content (AvgIpc) is 3.65. The number of thiophene rings is 1. The Labute approximate surface area is 257 Å². The minimum absolute atomic E-state index is 0.179. The van der Waals surface area contributed by atoms with Crippen molar-refractivity contribution in [1.29, 1.82) is 0 Å². The third-order valence-electron chi connectivity index (χ3n) is 7.69. The van der Waals surface area contributed by atoms with Crippen LogP contribution >= 0.6 is 46.1 Å². The number of likely N-dealkylation sites (tertiary alicyclic amines) is 1. The van der Waals surface area contributed by atoms with Crippen molar-refractivity contribution in [3.05, 3.63) is 62.2 Å². The van der Waals surface area contributed by atoms with E-state index in [9.17, 15) is 14.7 Å². The lowest BCUT2D eigenvalue weighted by Gasteiger charge is -2.42. The highest BCUT2D eigenvalue weighted by Crippen LogP contribution is 2.35. The van der Waals surface area contributed by atoms with E-state index in [1.165, 1.54) is 11.3 Å². The smallest absolute Gasteiger partial charge is 0.326 e. The number of aromatic nitrogens is 2. The number of rotatable bonds is 9. The zero-order valence-corrected chi connectivity index (χ0v) is 26.0. The number of amides is 1. The fourth-order valence-corrected chi connectivity index (χ4v) is 7.25. The van der Waals surface area contributed by atoms with Crippen molar-refractivity contribution in [2.75, 3.05) is 13.1 Å². The molecule has 0 spiro atoms. The van der Waals surface area contributed by atoms with Gasteiger partial charge in [-0.05, 0) is 63.4 Å². The summed E-state index contributed by atoms with van der Waals surface area (Å²) in [6.45, 7) is 7.85. The van der Waals surface area contributed by atoms with Gasteiger partial charge in [-0.25, -0.2) is 4.79 Å². The Kier molecular flexibility index (Phi) is 9.01. The lowest BCUT2D eigenvalue weighted by Crippen LogP contribution is -2.55. The molecule has 12 heteroatoms. The summed E-state index contributed by atoms with van der Waals surface area (Å²) in [5.74, 6) is -0.822. The van der Waals surface area contributed by atoms with Gasteiger partial charge in [0.25, 0.3) is 5.91 Å². The van der Waals surface area contributed by atoms with Crippen LogP contribution in [0, 0.1) is 0 Å². The SMILES string of the molecule is CCC(C(=O)O)N(C(=O)c1cc2cc(Cl)cc(Cl)c2n1Cc1cc(-c2ccc(Cl)s2)on1)C1CCN(C(C)C)CC1. The van der Waals surface area contributed by atoms with Crippen LogP contribution in [0.2, 0.25) is 14.4 Å². The molecule has 1 amide bonds. The Morgan fingerprint density at radius 3 is 2.49 bits per heavy atom. The highest BCUT2D eigenvalue weighted by molar-refractivity contribution is 7.19. The molecule has 218 valence electrons. The van der Waals surface area contributed by atoms with Gasteiger partial charge in [0, 0.05) is 41.6 Å². The third kappa shape index (κ3) is 6.15. The van der Waals surface area contributed by atoms with E-state index in [-0.39, 0.29) is 24.9 Å². The maximum atomic E-state index is 14.5. The molecule has 4 heterocycles. The fourth-order valence-electron chi connectivity index (χ4n) is 5.64. The molecule has 41 heavy (non-hydrogen) atoms. The van der Waals surface area contributed by atoms with Gasteiger partial charge in [0.1, 0.15) is 17.4 Å². The van der Waals surface area contributed by atoms with Crippen LogP contribution in [0.1, 0.15) is 56.2 Å². The molecule has 0 bridgehead atoms. The van der Waals surface area contributed by atoms with Crippen LogP contribution in [0.4, 0.5) is 0 Å². The second-order valence-corrected chi connectivity index (χ2v) is 13.1. The van der Waals surface area contributed by atoms with Gasteiger partial charge < -0.3 is 24.0 Å². The van der Waals surface area contributed by atoms with Crippen LogP contribution in [-0.4, -0.2) is 67.7 Å². The van der Waals surface area contributed by atoms with Crippen LogP contribution in [0.15, 0.2) is 40.9 Å². The molecule has 0 radical (unpaired) electrons. The van der Waals surface area contributed by atoms with Gasteiger partial charge in [0.15, 0.2) is 5.76 Å². The highest BCUT2D eigenvalue weighted by Gasteiger charge is 2.38. The minimum Gasteiger partial charge on any atom is -0.480 e. The van der Waals surface area contributed by atoms with Gasteiger partial charge in [0.05, 0.1) is 26.3 Å². The Balaban J connectivity index is 1.57. The van der Waals surface area contributed by atoms with Crippen LogP contribution in [0.25, 0.3) is 21.5 Å². The summed E-state index contributed by atoms with van der Waals surface area (Å²) in [5.41, 5.74) is 1.50. The lowest BCUT2D eigenvalue weighted by atomic mass is 9.98. The molecule has 0 saturated carbocycles. The van der Waals surface area contributed by atoms with Gasteiger partial charge >= 0.3 is 5.97 Å². The molecule has 1 aliphatic heterocycles. The van der Waals surface area contributed by atoms with Gasteiger partial charge in [-0.3, -0.25) is 4.79 Å². The predicted molar refractivity (Wildman–Crippen MR) is 164 cm³/mol. The Hall–Kier alpha value is -2.56. The summed E-state index contributed by atoms with van der Waals surface area (Å²) in [4.78, 5) is 31.6. The van der Waals surface area contributed by atoms with Gasteiger partial charge in [-0.2, -0.15) is 0 Å². The van der Waals surface area contributed by atoms with E-state index in [4.69, 9.17) is 39.3 Å². The number of nitrogens with zero attached hydrogens (tertiary/aromatic N) is 4. The van der Waals surface area contributed by atoms with E-state index < -0.39 is 12.0 Å². The van der Waals surface area contributed by atoms with Crippen molar-refractivity contribution in [2.45, 2.75) is 64.7 Å². The number of piperidine rings is 1. The highest BCUT2D eigenvalue weighted by atomic mass is 35.5. The Morgan fingerprint density at radius 2 is 1.88 bits per heavy atom. The maximum absolute atomic E-state index is 14.5. The molecule has 5 rings (SSSR count). The normalized spacial score (nSPS) is 15.6. The lowest BCUT2D eigenvalue weighted by molar-refractivity contribution is -0.143. The van der Waals surface area contributed by atoms with Crippen molar-refractivity contribution in [1.82, 2.24) is 19.5 Å². The zero-order valence-electron chi connectivity index (χ0n) is 22.9. The van der Waals surface area contributed by atoms with E-state index in [2.05, 4.69) is 23.9 Å². The van der Waals surface area contributed by atoms with Crippen molar-refractivity contribution < 1.29 is 19.2 Å². The van der Waals surface area contributed by atoms with E-state index in [1.807, 2.05) is 6.07 Å². The molecule has 1 N–H and O–H groups in total. The average molecular weight is 638 g/mol. The molecule has 8 nitrogen and oxygen atoms in total. The number of hydrogen-bond donors (Lipinski definition) is 1. The van der Waals surface area contributed by atoms with Crippen molar-refractivity contribution in [3.8, 4) is 10.6 Å². The largest absolute Gasteiger partial charge is 0.480 e. The fraction of sp³-hybridized carbons (Fsp3) is 0.414. The standard InChI is InChI=1S/C29H31Cl3N4O4S/c1-4-22(29(38)39)36(20-7-9-34(10-8-20)16(2)3)28(37)23-12-17-11-18(30)13-21(31)27(17)35(23)15-19-14-24(40-33-19)25-5-6-26(32)41-25/h5-6,11-14,16,20,22H,4,7-10,15H2,1-3H3,(H,38,39). The third-order valence-corrected chi connectivity index (χ3v) is 9.44. The first kappa shape index (κ1) is 29.9. The molecule has 1 aromatic carbocycles. The Bertz CT molecular complexity index is 1570. The van der Waals surface area contributed by atoms with Crippen molar-refractivity contribution in [2.24, 2.45) is 0 Å². The van der Waals surface area contributed by atoms with Gasteiger partial charge in [-0.15, -0.1) is 11.3 Å². The Morgan fingerprint density at radius 1 is 1.15 bits per heavy atom. The van der Waals surface area contributed by atoms with Crippen LogP contribution in [-0.2, 0) is 11.3 Å². The maximum Gasteiger partial charge on any atom is 0.326 e. The number of carboxylic acids is 1. The number of carbonyl (C=O) groups is 2. The number of fused-ring (bicyclic) bond motifs is 1. The van der Waals surface area contributed by atoms with Crippen molar-refractivity contribution in [3.63, 3.8) is 0 Å². The van der Waals surface area contributed by atoms with Crippen molar-refractivity contribution >= 4 is 68.9 Å². The molecule has 4 aromatic rings. The topological polar surface area (TPSA) is 91.8 Å². The molecule has 3 aromatic heterocycles. The number of aliphatic carboxylic acids is 1. The summed E-state index contributed by atoms with van der Waals surface area (Å²) in [5, 5.41) is 15.9. The summed E-state index contributed by atoms with van der Waals surface area (Å²) < 4.78 is 8.01. The molecule has 1 unspecified atom stereocenters. The molecular weight excluding hydrogens is 607 g/mol. The molecular formula is C29H31Cl3N4O4S. The molecule has 1 saturated heterocycles. The number of hydrogen-bond acceptors (Lipinski definition) is 6. The number of benzene rings is 1. The van der Waals surface area contributed by atoms with E-state index >= 15 is 0 Å². The molecule has 0 aliphatic carbocycles. The van der Waals surface area contributed by atoms with Crippen LogP contribution in [0.3, 0.4) is 0 Å². The molecule has 1 fully saturated rings. The summed E-state index contributed by atoms with van der Waals surface area (Å²) in [7, 11) is 0. The second kappa shape index (κ2) is 12.4. The molecule has 1 atom stereocenters. The van der Waals surface area contributed by atoms with Gasteiger partial charge in [0.2, 0.25) is 0 Å². The van der Waals surface area contributed by atoms with Gasteiger partial charge in [-0.1, -0.05) is 46.9 Å². The second-order valence-electron chi connectivity index (χ2n) is 10.6. The quantitative estimate of drug-likeness (QED) is 0.204. The first-order valence-corrected chi connectivity index (χ1v) is 15.5. The molecule has 1 aliphatic rings. The first-order valence-electron chi connectivity index (χ1n) is 13.6. The van der Waals surface area contributed by atoms with Crippen LogP contribution < -0.4 is 0 Å². The number of carbonyl (C=O) groups excluding carboxylic acids is 1. The predicted octanol–water partition coefficient (Wildman–Crippen LogP) is 7.54. The summed E-state index contributed by atoms with van der Waals surface area (Å²) in [6, 6.07) is 9.76. The monoisotopic (exact) mass is 636 g/mol. The zero-order chi connectivity index (χ0) is 29.4. The number of halogens is 3. The summed E-state index contributed by atoms with van der Waals surface area (Å²) in [6.07, 6.45) is 1.67. The van der Waals surface area contributed by atoms with E-state index in [0.29, 0.717) is 61.3 Å². The minimum atomic E-state index is -1.02. The van der Waals surface area contributed by atoms with Crippen LogP contribution in [0.5, 0.6) is 0 Å². The number of carboxylic acid groups (broad SMARTS) is 1.